The van der Waals surface area contributed by atoms with E-state index in [9.17, 15) is 15.3 Å². The zero-order chi connectivity index (χ0) is 23.3. The highest BCUT2D eigenvalue weighted by Crippen LogP contribution is 2.50. The van der Waals surface area contributed by atoms with Gasteiger partial charge in [0.25, 0.3) is 0 Å². The summed E-state index contributed by atoms with van der Waals surface area (Å²) < 4.78 is 16.6. The molecule has 0 atom stereocenters. The van der Waals surface area contributed by atoms with Crippen molar-refractivity contribution in [1.29, 1.82) is 0 Å². The fourth-order valence-electron chi connectivity index (χ4n) is 3.26. The predicted molar refractivity (Wildman–Crippen MR) is 122 cm³/mol. The number of hydrogen-bond donors (Lipinski definition) is 4. The molecular formula is C25H26O7. The van der Waals surface area contributed by atoms with Crippen molar-refractivity contribution in [3.8, 4) is 56.8 Å². The van der Waals surface area contributed by atoms with Crippen molar-refractivity contribution in [2.24, 2.45) is 0 Å². The summed E-state index contributed by atoms with van der Waals surface area (Å²) in [7, 11) is 2.93. The predicted octanol–water partition coefficient (Wildman–Crippen LogP) is 4.47. The number of methoxy groups -OCH3 is 2. The van der Waals surface area contributed by atoms with E-state index in [2.05, 4.69) is 0 Å². The first kappa shape index (κ1) is 22.8. The van der Waals surface area contributed by atoms with E-state index in [1.165, 1.54) is 20.3 Å². The van der Waals surface area contributed by atoms with Crippen molar-refractivity contribution >= 4 is 0 Å². The van der Waals surface area contributed by atoms with Gasteiger partial charge in [-0.05, 0) is 60.0 Å². The van der Waals surface area contributed by atoms with Crippen molar-refractivity contribution in [3.05, 3.63) is 60.2 Å². The Morgan fingerprint density at radius 1 is 0.875 bits per heavy atom. The molecule has 4 N–H and O–H groups in total. The van der Waals surface area contributed by atoms with E-state index in [4.69, 9.17) is 19.3 Å². The number of aliphatic hydroxyl groups excluding tert-OH is 1. The Morgan fingerprint density at radius 3 is 2.16 bits per heavy atom. The molecule has 0 bridgehead atoms. The van der Waals surface area contributed by atoms with Crippen molar-refractivity contribution in [3.63, 3.8) is 0 Å². The highest BCUT2D eigenvalue weighted by molar-refractivity contribution is 5.88. The highest BCUT2D eigenvalue weighted by Gasteiger charge is 2.22. The number of benzene rings is 3. The maximum atomic E-state index is 11.0. The summed E-state index contributed by atoms with van der Waals surface area (Å²) in [5.41, 5.74) is 2.92. The second kappa shape index (κ2) is 9.98. The van der Waals surface area contributed by atoms with Gasteiger partial charge in [-0.15, -0.1) is 0 Å². The average molecular weight is 438 g/mol. The molecule has 0 aliphatic carbocycles. The number of hydrogen-bond acceptors (Lipinski definition) is 7. The Balaban J connectivity index is 2.04. The van der Waals surface area contributed by atoms with Crippen molar-refractivity contribution < 1.29 is 34.6 Å². The lowest BCUT2D eigenvalue weighted by atomic mass is 9.96. The molecule has 7 nitrogen and oxygen atoms in total. The van der Waals surface area contributed by atoms with Crippen LogP contribution >= 0.6 is 0 Å². The van der Waals surface area contributed by atoms with Gasteiger partial charge in [-0.2, -0.15) is 0 Å². The number of rotatable bonds is 8. The lowest BCUT2D eigenvalue weighted by molar-refractivity contribution is 0.320. The Hall–Kier alpha value is -3.84. The average Bonchev–Trinajstić information content (AvgIpc) is 2.79. The fourth-order valence-corrected chi connectivity index (χ4v) is 3.26. The van der Waals surface area contributed by atoms with Gasteiger partial charge in [0.15, 0.2) is 23.0 Å². The molecule has 0 aliphatic heterocycles. The number of aromatic hydroxyl groups is 3. The first-order valence-electron chi connectivity index (χ1n) is 9.89. The van der Waals surface area contributed by atoms with E-state index >= 15 is 0 Å². The van der Waals surface area contributed by atoms with Crippen LogP contribution in [-0.4, -0.2) is 47.9 Å². The van der Waals surface area contributed by atoms with Crippen LogP contribution < -0.4 is 14.2 Å². The maximum Gasteiger partial charge on any atom is 0.170 e. The lowest BCUT2D eigenvalue weighted by Crippen LogP contribution is -1.98. The van der Waals surface area contributed by atoms with E-state index in [0.29, 0.717) is 22.4 Å². The molecule has 0 amide bonds. The molecule has 7 heteroatoms. The minimum absolute atomic E-state index is 0.0602. The van der Waals surface area contributed by atoms with Gasteiger partial charge in [0, 0.05) is 5.56 Å². The van der Waals surface area contributed by atoms with Crippen molar-refractivity contribution in [1.82, 2.24) is 0 Å². The van der Waals surface area contributed by atoms with E-state index in [0.717, 1.165) is 11.1 Å². The van der Waals surface area contributed by atoms with Crippen LogP contribution in [0.3, 0.4) is 0 Å². The third kappa shape index (κ3) is 4.73. The number of aliphatic hydroxyl groups is 1. The summed E-state index contributed by atoms with van der Waals surface area (Å²) in [6.45, 7) is 1.91. The zero-order valence-electron chi connectivity index (χ0n) is 18.1. The summed E-state index contributed by atoms with van der Waals surface area (Å²) in [6, 6.07) is 13.0. The third-order valence-corrected chi connectivity index (χ3v) is 4.99. The summed E-state index contributed by atoms with van der Waals surface area (Å²) in [6.07, 6.45) is 1.72. The number of phenolic OH excluding ortho intramolecular Hbond substituents is 3. The summed E-state index contributed by atoms with van der Waals surface area (Å²) in [4.78, 5) is 0. The van der Waals surface area contributed by atoms with Crippen molar-refractivity contribution in [2.45, 2.75) is 6.92 Å². The highest BCUT2D eigenvalue weighted by atomic mass is 16.5. The first-order valence-corrected chi connectivity index (χ1v) is 9.89. The van der Waals surface area contributed by atoms with Crippen LogP contribution in [0.1, 0.15) is 6.92 Å². The van der Waals surface area contributed by atoms with Gasteiger partial charge in [-0.3, -0.25) is 0 Å². The summed E-state index contributed by atoms with van der Waals surface area (Å²) >= 11 is 0. The molecule has 0 heterocycles. The monoisotopic (exact) mass is 438 g/mol. The van der Waals surface area contributed by atoms with Crippen LogP contribution in [0.25, 0.3) is 22.3 Å². The van der Waals surface area contributed by atoms with Crippen LogP contribution in [0.4, 0.5) is 0 Å². The van der Waals surface area contributed by atoms with Crippen LogP contribution in [-0.2, 0) is 0 Å². The molecule has 0 saturated heterocycles. The first-order chi connectivity index (χ1) is 15.4. The summed E-state index contributed by atoms with van der Waals surface area (Å²) in [5, 5.41) is 40.1. The fraction of sp³-hybridized carbons (Fsp3) is 0.200. The Labute approximate surface area is 186 Å². The van der Waals surface area contributed by atoms with E-state index in [-0.39, 0.29) is 42.0 Å². The zero-order valence-corrected chi connectivity index (χ0v) is 18.1. The van der Waals surface area contributed by atoms with E-state index in [1.807, 2.05) is 0 Å². The van der Waals surface area contributed by atoms with Gasteiger partial charge in [0.2, 0.25) is 0 Å². The standard InChI is InChI=1S/C25H26O7/c1-15(14-26)10-11-32-21-9-6-17(12-20(21)28)23-22(30-2)13-19(25(31-3)24(23)29)16-4-7-18(27)8-5-16/h4-10,12-13,26-29H,11,14H2,1-3H3. The minimum Gasteiger partial charge on any atom is -0.508 e. The lowest BCUT2D eigenvalue weighted by Gasteiger charge is -2.18. The number of ether oxygens (including phenoxy) is 3. The third-order valence-electron chi connectivity index (χ3n) is 4.99. The largest absolute Gasteiger partial charge is 0.508 e. The van der Waals surface area contributed by atoms with E-state index in [1.54, 1.807) is 55.5 Å². The second-order valence-corrected chi connectivity index (χ2v) is 7.13. The quantitative estimate of drug-likeness (QED) is 0.384. The maximum absolute atomic E-state index is 11.0. The minimum atomic E-state index is -0.149. The van der Waals surface area contributed by atoms with Gasteiger partial charge >= 0.3 is 0 Å². The molecule has 168 valence electrons. The van der Waals surface area contributed by atoms with Crippen LogP contribution in [0, 0.1) is 0 Å². The molecule has 0 spiro atoms. The van der Waals surface area contributed by atoms with Crippen LogP contribution in [0.15, 0.2) is 60.2 Å². The topological polar surface area (TPSA) is 109 Å². The molecule has 0 fully saturated rings. The van der Waals surface area contributed by atoms with E-state index < -0.39 is 0 Å². The Bertz CT molecular complexity index is 1120. The van der Waals surface area contributed by atoms with Gasteiger partial charge in [0.05, 0.1) is 26.4 Å². The number of phenols is 3. The molecule has 0 aromatic heterocycles. The Morgan fingerprint density at radius 2 is 1.56 bits per heavy atom. The summed E-state index contributed by atoms with van der Waals surface area (Å²) in [5.74, 6) is 0.740. The molecule has 3 rings (SSSR count). The van der Waals surface area contributed by atoms with Crippen LogP contribution in [0.5, 0.6) is 34.5 Å². The molecule has 3 aromatic carbocycles. The smallest absolute Gasteiger partial charge is 0.170 e. The Kier molecular flexibility index (Phi) is 7.12. The molecular weight excluding hydrogens is 412 g/mol. The SMILES string of the molecule is COc1cc(-c2ccc(O)cc2)c(OC)c(O)c1-c1ccc(OCC=C(C)CO)c(O)c1. The second-order valence-electron chi connectivity index (χ2n) is 7.13. The molecule has 0 saturated carbocycles. The van der Waals surface area contributed by atoms with Crippen molar-refractivity contribution in [2.75, 3.05) is 27.4 Å². The van der Waals surface area contributed by atoms with Crippen LogP contribution in [0.2, 0.25) is 0 Å². The molecule has 0 unspecified atom stereocenters. The molecule has 0 aliphatic rings. The van der Waals surface area contributed by atoms with Gasteiger partial charge in [-0.25, -0.2) is 0 Å². The molecule has 0 radical (unpaired) electrons. The normalized spacial score (nSPS) is 11.3. The molecule has 32 heavy (non-hydrogen) atoms. The van der Waals surface area contributed by atoms with Gasteiger partial charge in [-0.1, -0.05) is 18.2 Å². The molecule has 3 aromatic rings. The van der Waals surface area contributed by atoms with Gasteiger partial charge in [0.1, 0.15) is 18.1 Å². The van der Waals surface area contributed by atoms with Gasteiger partial charge < -0.3 is 34.6 Å².